The van der Waals surface area contributed by atoms with Gasteiger partial charge in [-0.05, 0) is 61.7 Å². The SMILES string of the molecule is Cc1ccn2cc(C(=O)NNC(=O)COc3ccc(C)c(C)c3)nc2c1. The summed E-state index contributed by atoms with van der Waals surface area (Å²) in [4.78, 5) is 28.2. The zero-order valence-electron chi connectivity index (χ0n) is 14.9. The molecule has 2 heterocycles. The van der Waals surface area contributed by atoms with Crippen LogP contribution in [0.15, 0.2) is 42.7 Å². The first-order chi connectivity index (χ1) is 12.4. The molecule has 0 unspecified atom stereocenters. The third-order valence-corrected chi connectivity index (χ3v) is 4.01. The van der Waals surface area contributed by atoms with Crippen molar-refractivity contribution in [3.8, 4) is 5.75 Å². The van der Waals surface area contributed by atoms with Crippen molar-refractivity contribution in [2.45, 2.75) is 20.8 Å². The fourth-order valence-corrected chi connectivity index (χ4v) is 2.37. The Labute approximate surface area is 151 Å². The van der Waals surface area contributed by atoms with E-state index in [4.69, 9.17) is 4.74 Å². The highest BCUT2D eigenvalue weighted by atomic mass is 16.5. The summed E-state index contributed by atoms with van der Waals surface area (Å²) in [5.74, 6) is -0.354. The van der Waals surface area contributed by atoms with Crippen molar-refractivity contribution in [2.75, 3.05) is 6.61 Å². The van der Waals surface area contributed by atoms with Crippen LogP contribution in [0.5, 0.6) is 5.75 Å². The summed E-state index contributed by atoms with van der Waals surface area (Å²) in [7, 11) is 0. The summed E-state index contributed by atoms with van der Waals surface area (Å²) in [5, 5.41) is 0. The lowest BCUT2D eigenvalue weighted by Crippen LogP contribution is -2.43. The molecule has 0 atom stereocenters. The van der Waals surface area contributed by atoms with Gasteiger partial charge < -0.3 is 9.14 Å². The second-order valence-electron chi connectivity index (χ2n) is 6.13. The number of hydrogen-bond donors (Lipinski definition) is 2. The number of carbonyl (C=O) groups is 2. The van der Waals surface area contributed by atoms with Crippen LogP contribution >= 0.6 is 0 Å². The Hall–Kier alpha value is -3.35. The fourth-order valence-electron chi connectivity index (χ4n) is 2.37. The number of amides is 2. The van der Waals surface area contributed by atoms with E-state index in [1.165, 1.54) is 0 Å². The summed E-state index contributed by atoms with van der Waals surface area (Å²) in [5.41, 5.74) is 8.82. The zero-order chi connectivity index (χ0) is 18.7. The first-order valence-electron chi connectivity index (χ1n) is 8.17. The summed E-state index contributed by atoms with van der Waals surface area (Å²) >= 11 is 0. The van der Waals surface area contributed by atoms with Gasteiger partial charge in [0.05, 0.1) is 0 Å². The van der Waals surface area contributed by atoms with E-state index in [0.717, 1.165) is 16.7 Å². The number of carbonyl (C=O) groups excluding carboxylic acids is 2. The van der Waals surface area contributed by atoms with Crippen molar-refractivity contribution in [3.63, 3.8) is 0 Å². The highest BCUT2D eigenvalue weighted by Crippen LogP contribution is 2.16. The van der Waals surface area contributed by atoms with Crippen molar-refractivity contribution >= 4 is 17.5 Å². The van der Waals surface area contributed by atoms with Crippen LogP contribution in [-0.4, -0.2) is 27.8 Å². The van der Waals surface area contributed by atoms with Gasteiger partial charge >= 0.3 is 0 Å². The molecule has 3 aromatic rings. The number of fused-ring (bicyclic) bond motifs is 1. The van der Waals surface area contributed by atoms with Crippen molar-refractivity contribution in [3.05, 3.63) is 65.1 Å². The number of imidazole rings is 1. The number of benzene rings is 1. The van der Waals surface area contributed by atoms with Crippen molar-refractivity contribution < 1.29 is 14.3 Å². The molecule has 7 heteroatoms. The van der Waals surface area contributed by atoms with E-state index < -0.39 is 11.8 Å². The number of aromatic nitrogens is 2. The molecule has 0 radical (unpaired) electrons. The first kappa shape index (κ1) is 17.5. The first-order valence-corrected chi connectivity index (χ1v) is 8.17. The standard InChI is InChI=1S/C19H20N4O3/c1-12-6-7-23-10-16(20-17(23)8-12)19(25)22-21-18(24)11-26-15-5-4-13(2)14(3)9-15/h4-10H,11H2,1-3H3,(H,21,24)(H,22,25). The summed E-state index contributed by atoms with van der Waals surface area (Å²) in [6.45, 7) is 5.72. The molecule has 0 aliphatic carbocycles. The van der Waals surface area contributed by atoms with Gasteiger partial charge in [0.25, 0.3) is 11.8 Å². The predicted molar refractivity (Wildman–Crippen MR) is 96.9 cm³/mol. The summed E-state index contributed by atoms with van der Waals surface area (Å²) in [6.07, 6.45) is 3.42. The van der Waals surface area contributed by atoms with Gasteiger partial charge in [0.2, 0.25) is 0 Å². The molecule has 0 aliphatic rings. The van der Waals surface area contributed by atoms with E-state index in [0.29, 0.717) is 11.4 Å². The van der Waals surface area contributed by atoms with Crippen LogP contribution in [0.1, 0.15) is 27.2 Å². The molecule has 2 amide bonds. The molecule has 1 aromatic carbocycles. The van der Waals surface area contributed by atoms with Gasteiger partial charge in [-0.3, -0.25) is 20.4 Å². The molecule has 0 saturated heterocycles. The van der Waals surface area contributed by atoms with E-state index in [9.17, 15) is 9.59 Å². The van der Waals surface area contributed by atoms with Gasteiger partial charge in [-0.1, -0.05) is 6.07 Å². The predicted octanol–water partition coefficient (Wildman–Crippen LogP) is 2.10. The van der Waals surface area contributed by atoms with Gasteiger partial charge in [0.15, 0.2) is 6.61 Å². The van der Waals surface area contributed by atoms with Crippen LogP contribution in [0.3, 0.4) is 0 Å². The van der Waals surface area contributed by atoms with Crippen LogP contribution in [-0.2, 0) is 4.79 Å². The molecule has 2 N–H and O–H groups in total. The quantitative estimate of drug-likeness (QED) is 0.704. The number of rotatable bonds is 4. The van der Waals surface area contributed by atoms with E-state index in [1.54, 1.807) is 16.7 Å². The minimum atomic E-state index is -0.495. The molecular formula is C19H20N4O3. The maximum Gasteiger partial charge on any atom is 0.289 e. The van der Waals surface area contributed by atoms with Crippen LogP contribution < -0.4 is 15.6 Å². The Morgan fingerprint density at radius 2 is 1.88 bits per heavy atom. The molecule has 134 valence electrons. The number of pyridine rings is 1. The average molecular weight is 352 g/mol. The molecule has 0 aliphatic heterocycles. The molecule has 0 saturated carbocycles. The van der Waals surface area contributed by atoms with Crippen molar-refractivity contribution in [2.24, 2.45) is 0 Å². The van der Waals surface area contributed by atoms with Gasteiger partial charge in [-0.15, -0.1) is 0 Å². The largest absolute Gasteiger partial charge is 0.484 e. The fraction of sp³-hybridized carbons (Fsp3) is 0.211. The van der Waals surface area contributed by atoms with Crippen LogP contribution in [0, 0.1) is 20.8 Å². The maximum absolute atomic E-state index is 12.1. The second kappa shape index (κ2) is 7.26. The summed E-state index contributed by atoms with van der Waals surface area (Å²) < 4.78 is 7.16. The van der Waals surface area contributed by atoms with E-state index >= 15 is 0 Å². The number of nitrogens with one attached hydrogen (secondary N) is 2. The van der Waals surface area contributed by atoms with Gasteiger partial charge in [-0.2, -0.15) is 0 Å². The lowest BCUT2D eigenvalue weighted by atomic mass is 10.1. The zero-order valence-corrected chi connectivity index (χ0v) is 14.9. The Balaban J connectivity index is 1.53. The van der Waals surface area contributed by atoms with Crippen LogP contribution in [0.25, 0.3) is 5.65 Å². The number of hydrazine groups is 1. The van der Waals surface area contributed by atoms with Gasteiger partial charge in [0.1, 0.15) is 17.1 Å². The highest BCUT2D eigenvalue weighted by molar-refractivity contribution is 5.94. The number of aryl methyl sites for hydroxylation is 3. The molecule has 0 spiro atoms. The van der Waals surface area contributed by atoms with E-state index in [1.807, 2.05) is 51.2 Å². The monoisotopic (exact) mass is 352 g/mol. The molecule has 7 nitrogen and oxygen atoms in total. The third kappa shape index (κ3) is 4.00. The lowest BCUT2D eigenvalue weighted by Gasteiger charge is -2.09. The Bertz CT molecular complexity index is 978. The normalized spacial score (nSPS) is 10.6. The number of nitrogens with zero attached hydrogens (tertiary/aromatic N) is 2. The average Bonchev–Trinajstić information content (AvgIpc) is 3.03. The van der Waals surface area contributed by atoms with Crippen LogP contribution in [0.4, 0.5) is 0 Å². The van der Waals surface area contributed by atoms with Crippen molar-refractivity contribution in [1.82, 2.24) is 20.2 Å². The van der Waals surface area contributed by atoms with Gasteiger partial charge in [0, 0.05) is 12.4 Å². The van der Waals surface area contributed by atoms with Crippen LogP contribution in [0.2, 0.25) is 0 Å². The minimum absolute atomic E-state index is 0.201. The molecule has 2 aromatic heterocycles. The Morgan fingerprint density at radius 3 is 2.65 bits per heavy atom. The molecule has 0 fully saturated rings. The molecule has 26 heavy (non-hydrogen) atoms. The minimum Gasteiger partial charge on any atom is -0.484 e. The Kier molecular flexibility index (Phi) is 4.88. The number of hydrogen-bond acceptors (Lipinski definition) is 4. The van der Waals surface area contributed by atoms with E-state index in [-0.39, 0.29) is 12.3 Å². The molecular weight excluding hydrogens is 332 g/mol. The third-order valence-electron chi connectivity index (χ3n) is 4.01. The van der Waals surface area contributed by atoms with Crippen molar-refractivity contribution in [1.29, 1.82) is 0 Å². The maximum atomic E-state index is 12.1. The van der Waals surface area contributed by atoms with E-state index in [2.05, 4.69) is 15.8 Å². The molecule has 0 bridgehead atoms. The number of ether oxygens (including phenoxy) is 1. The second-order valence-corrected chi connectivity index (χ2v) is 6.13. The van der Waals surface area contributed by atoms with Gasteiger partial charge in [-0.25, -0.2) is 4.98 Å². The topological polar surface area (TPSA) is 84.7 Å². The Morgan fingerprint density at radius 1 is 1.08 bits per heavy atom. The summed E-state index contributed by atoms with van der Waals surface area (Å²) in [6, 6.07) is 9.37. The molecule has 3 rings (SSSR count). The lowest BCUT2D eigenvalue weighted by molar-refractivity contribution is -0.123. The highest BCUT2D eigenvalue weighted by Gasteiger charge is 2.12. The smallest absolute Gasteiger partial charge is 0.289 e.